The first-order valence-electron chi connectivity index (χ1n) is 12.1. The van der Waals surface area contributed by atoms with Crippen LogP contribution >= 0.6 is 6.83 Å². The van der Waals surface area contributed by atoms with E-state index in [4.69, 9.17) is 4.62 Å². The van der Waals surface area contributed by atoms with Gasteiger partial charge in [0.25, 0.3) is 0 Å². The van der Waals surface area contributed by atoms with E-state index in [1.54, 1.807) is 0 Å². The normalized spacial score (nSPS) is 19.5. The Labute approximate surface area is 207 Å². The van der Waals surface area contributed by atoms with Crippen molar-refractivity contribution in [2.75, 3.05) is 11.2 Å². The summed E-state index contributed by atoms with van der Waals surface area (Å²) in [6.07, 6.45) is 0.850. The molecule has 0 N–H and O–H groups in total. The van der Waals surface area contributed by atoms with Gasteiger partial charge in [0.15, 0.2) is 0 Å². The zero-order valence-corrected chi connectivity index (χ0v) is 20.4. The predicted molar refractivity (Wildman–Crippen MR) is 149 cm³/mol. The Bertz CT molecular complexity index is 1240. The van der Waals surface area contributed by atoms with Crippen molar-refractivity contribution in [2.24, 2.45) is 0 Å². The van der Waals surface area contributed by atoms with Gasteiger partial charge in [0.05, 0.1) is 0 Å². The molecule has 0 spiro atoms. The van der Waals surface area contributed by atoms with Crippen LogP contribution in [0.4, 0.5) is 5.69 Å². The van der Waals surface area contributed by atoms with Crippen LogP contribution in [0.25, 0.3) is 0 Å². The molecule has 1 heterocycles. The van der Waals surface area contributed by atoms with E-state index < -0.39 is 6.83 Å². The van der Waals surface area contributed by atoms with Crippen molar-refractivity contribution in [2.45, 2.75) is 6.04 Å². The summed E-state index contributed by atoms with van der Waals surface area (Å²) >= 11 is 0. The minimum atomic E-state index is -3.40. The molecular weight excluding hydrogens is 445 g/mol. The molecule has 35 heavy (non-hydrogen) atoms. The first-order chi connectivity index (χ1) is 17.3. The van der Waals surface area contributed by atoms with Gasteiger partial charge in [-0.15, -0.1) is 0 Å². The van der Waals surface area contributed by atoms with Gasteiger partial charge in [-0.05, 0) is 0 Å². The van der Waals surface area contributed by atoms with Gasteiger partial charge in [-0.2, -0.15) is 0 Å². The Balaban J connectivity index is 1.72. The summed E-state index contributed by atoms with van der Waals surface area (Å²) in [5, 5.41) is 5.92. The molecule has 1 aliphatic rings. The molecule has 5 aromatic carbocycles. The van der Waals surface area contributed by atoms with E-state index >= 15 is 0 Å². The first kappa shape index (κ1) is 21.8. The van der Waals surface area contributed by atoms with Gasteiger partial charge in [0.1, 0.15) is 0 Å². The van der Waals surface area contributed by atoms with E-state index in [1.165, 1.54) is 21.5 Å². The van der Waals surface area contributed by atoms with Crippen LogP contribution in [0.5, 0.6) is 0 Å². The van der Waals surface area contributed by atoms with Crippen molar-refractivity contribution < 1.29 is 4.62 Å². The standard InChI is InChI=1S/C32H28NOP/c1-6-16-27(17-7-1)32-26-35(29-20-10-3-11-21-29,30-22-12-4-13-23-30,31-24-14-5-15-25-31)34-33(32)28-18-8-2-9-19-28/h1-25,32H,26H2. The van der Waals surface area contributed by atoms with Crippen LogP contribution in [0.15, 0.2) is 152 Å². The van der Waals surface area contributed by atoms with Crippen molar-refractivity contribution in [3.8, 4) is 0 Å². The number of rotatable bonds is 5. The second-order valence-corrected chi connectivity index (χ2v) is 13.6. The average molecular weight is 474 g/mol. The molecule has 1 aliphatic heterocycles. The van der Waals surface area contributed by atoms with E-state index in [9.17, 15) is 0 Å². The van der Waals surface area contributed by atoms with Gasteiger partial charge in [-0.3, -0.25) is 0 Å². The molecule has 3 heteroatoms. The molecule has 0 radical (unpaired) electrons. The molecule has 0 amide bonds. The van der Waals surface area contributed by atoms with Crippen LogP contribution in [0.1, 0.15) is 11.6 Å². The molecule has 1 saturated heterocycles. The van der Waals surface area contributed by atoms with Gasteiger partial charge in [-0.25, -0.2) is 0 Å². The molecule has 5 aromatic rings. The molecule has 2 nitrogen and oxygen atoms in total. The monoisotopic (exact) mass is 473 g/mol. The number of benzene rings is 5. The number of para-hydroxylation sites is 1. The molecule has 1 fully saturated rings. The molecule has 0 aromatic heterocycles. The first-order valence-corrected chi connectivity index (χ1v) is 14.4. The Morgan fingerprint density at radius 1 is 0.486 bits per heavy atom. The van der Waals surface area contributed by atoms with E-state index in [2.05, 4.69) is 157 Å². The zero-order chi connectivity index (χ0) is 23.6. The second-order valence-electron chi connectivity index (χ2n) is 9.07. The van der Waals surface area contributed by atoms with Crippen LogP contribution in [0.2, 0.25) is 0 Å². The average Bonchev–Trinajstić information content (AvgIpc) is 3.35. The Kier molecular flexibility index (Phi) is 5.49. The summed E-state index contributed by atoms with van der Waals surface area (Å²) in [5.41, 5.74) is 2.32. The van der Waals surface area contributed by atoms with Crippen LogP contribution < -0.4 is 21.0 Å². The summed E-state index contributed by atoms with van der Waals surface area (Å²) in [4.78, 5) is 0. The van der Waals surface area contributed by atoms with Gasteiger partial charge >= 0.3 is 208 Å². The van der Waals surface area contributed by atoms with Gasteiger partial charge in [0.2, 0.25) is 0 Å². The van der Waals surface area contributed by atoms with Crippen LogP contribution in [0, 0.1) is 0 Å². The Hall–Kier alpha value is -3.71. The van der Waals surface area contributed by atoms with E-state index in [0.29, 0.717) is 0 Å². The van der Waals surface area contributed by atoms with E-state index in [-0.39, 0.29) is 6.04 Å². The topological polar surface area (TPSA) is 12.5 Å². The van der Waals surface area contributed by atoms with Crippen molar-refractivity contribution >= 4 is 28.4 Å². The third kappa shape index (κ3) is 3.41. The fourth-order valence-electron chi connectivity index (χ4n) is 5.54. The van der Waals surface area contributed by atoms with Crippen molar-refractivity contribution in [1.29, 1.82) is 0 Å². The number of hydrogen-bond donors (Lipinski definition) is 0. The van der Waals surface area contributed by atoms with Crippen molar-refractivity contribution in [1.82, 2.24) is 0 Å². The van der Waals surface area contributed by atoms with Crippen molar-refractivity contribution in [3.05, 3.63) is 157 Å². The quantitative estimate of drug-likeness (QED) is 0.266. The summed E-state index contributed by atoms with van der Waals surface area (Å²) in [6, 6.07) is 54.0. The fourth-order valence-corrected chi connectivity index (χ4v) is 11.4. The van der Waals surface area contributed by atoms with Crippen molar-refractivity contribution in [3.63, 3.8) is 0 Å². The van der Waals surface area contributed by atoms with Crippen LogP contribution in [-0.4, -0.2) is 6.16 Å². The van der Waals surface area contributed by atoms with Crippen LogP contribution in [0.3, 0.4) is 0 Å². The Morgan fingerprint density at radius 2 is 0.857 bits per heavy atom. The molecule has 172 valence electrons. The van der Waals surface area contributed by atoms with Gasteiger partial charge < -0.3 is 0 Å². The van der Waals surface area contributed by atoms with Gasteiger partial charge in [0, 0.05) is 0 Å². The third-order valence-electron chi connectivity index (χ3n) is 7.17. The molecule has 0 bridgehead atoms. The number of hydroxylamine groups is 1. The summed E-state index contributed by atoms with van der Waals surface area (Å²) in [6.45, 7) is -3.40. The zero-order valence-electron chi connectivity index (χ0n) is 19.5. The number of anilines is 1. The third-order valence-corrected chi connectivity index (χ3v) is 12.9. The molecule has 6 rings (SSSR count). The predicted octanol–water partition coefficient (Wildman–Crippen LogP) is 6.62. The van der Waals surface area contributed by atoms with E-state index in [1.807, 2.05) is 0 Å². The van der Waals surface area contributed by atoms with Crippen LogP contribution in [-0.2, 0) is 4.62 Å². The molecular formula is C32H28NOP. The number of nitrogens with zero attached hydrogens (tertiary/aromatic N) is 1. The molecule has 1 unspecified atom stereocenters. The fraction of sp³-hybridized carbons (Fsp3) is 0.0625. The summed E-state index contributed by atoms with van der Waals surface area (Å²) in [5.74, 6) is 0. The minimum absolute atomic E-state index is 0.0527. The molecule has 1 atom stereocenters. The molecule has 0 saturated carbocycles. The van der Waals surface area contributed by atoms with Gasteiger partial charge in [-0.1, -0.05) is 0 Å². The van der Waals surface area contributed by atoms with E-state index in [0.717, 1.165) is 11.8 Å². The Morgan fingerprint density at radius 3 is 1.29 bits per heavy atom. The summed E-state index contributed by atoms with van der Waals surface area (Å²) in [7, 11) is 0. The summed E-state index contributed by atoms with van der Waals surface area (Å²) < 4.78 is 7.61. The second kappa shape index (κ2) is 8.82. The maximum atomic E-state index is 7.61. The SMILES string of the molecule is c1ccc(C2CP(c3ccccc3)(c3ccccc3)(c3ccccc3)ON2c2ccccc2)cc1. The number of hydrogen-bond acceptors (Lipinski definition) is 2. The maximum absolute atomic E-state index is 7.61. The molecule has 0 aliphatic carbocycles.